The highest BCUT2D eigenvalue weighted by Crippen LogP contribution is 2.34. The summed E-state index contributed by atoms with van der Waals surface area (Å²) in [6.07, 6.45) is 1.91. The van der Waals surface area contributed by atoms with E-state index in [1.165, 1.54) is 14.2 Å². The van der Waals surface area contributed by atoms with Crippen molar-refractivity contribution < 1.29 is 23.9 Å². The molecular weight excluding hydrogens is 394 g/mol. The molecule has 152 valence electrons. The van der Waals surface area contributed by atoms with Crippen LogP contribution in [0.2, 0.25) is 0 Å². The molecule has 1 N–H and O–H groups in total. The van der Waals surface area contributed by atoms with Crippen LogP contribution < -0.4 is 5.32 Å². The van der Waals surface area contributed by atoms with Gasteiger partial charge in [-0.05, 0) is 38.0 Å². The average molecular weight is 415 g/mol. The molecule has 0 saturated carbocycles. The van der Waals surface area contributed by atoms with Crippen LogP contribution in [0.25, 0.3) is 5.65 Å². The van der Waals surface area contributed by atoms with Crippen molar-refractivity contribution in [2.75, 3.05) is 19.5 Å². The van der Waals surface area contributed by atoms with Gasteiger partial charge < -0.3 is 19.2 Å². The second-order valence-corrected chi connectivity index (χ2v) is 7.52. The minimum atomic E-state index is -0.634. The van der Waals surface area contributed by atoms with Gasteiger partial charge in [0.1, 0.15) is 15.5 Å². The van der Waals surface area contributed by atoms with Crippen LogP contribution in [0.5, 0.6) is 0 Å². The molecule has 0 bridgehead atoms. The lowest BCUT2D eigenvalue weighted by Gasteiger charge is -2.07. The van der Waals surface area contributed by atoms with Gasteiger partial charge in [-0.1, -0.05) is 6.07 Å². The summed E-state index contributed by atoms with van der Waals surface area (Å²) in [6.45, 7) is 5.42. The second kappa shape index (κ2) is 8.04. The lowest BCUT2D eigenvalue weighted by atomic mass is 10.1. The molecular formula is C20H21N3O5S. The van der Waals surface area contributed by atoms with Gasteiger partial charge >= 0.3 is 11.9 Å². The van der Waals surface area contributed by atoms with Gasteiger partial charge in [-0.25, -0.2) is 14.6 Å². The van der Waals surface area contributed by atoms with Gasteiger partial charge in [-0.15, -0.1) is 11.3 Å². The Hall–Kier alpha value is -3.20. The maximum Gasteiger partial charge on any atom is 0.348 e. The number of imidazole rings is 1. The third-order valence-electron chi connectivity index (χ3n) is 4.63. The largest absolute Gasteiger partial charge is 0.465 e. The zero-order valence-electron chi connectivity index (χ0n) is 16.8. The number of rotatable bonds is 5. The first-order chi connectivity index (χ1) is 13.8. The summed E-state index contributed by atoms with van der Waals surface area (Å²) in [6, 6.07) is 3.85. The van der Waals surface area contributed by atoms with Gasteiger partial charge in [0, 0.05) is 6.20 Å². The highest BCUT2D eigenvalue weighted by atomic mass is 32.1. The summed E-state index contributed by atoms with van der Waals surface area (Å²) in [4.78, 5) is 41.7. The molecule has 0 aliphatic carbocycles. The number of aryl methyl sites for hydroxylation is 2. The molecule has 0 aromatic carbocycles. The summed E-state index contributed by atoms with van der Waals surface area (Å²) in [5.41, 5.74) is 3.86. The van der Waals surface area contributed by atoms with Crippen LogP contribution in [-0.2, 0) is 20.7 Å². The lowest BCUT2D eigenvalue weighted by Crippen LogP contribution is -2.17. The number of anilines is 1. The Morgan fingerprint density at radius 3 is 2.48 bits per heavy atom. The van der Waals surface area contributed by atoms with Gasteiger partial charge in [0.25, 0.3) is 0 Å². The maximum absolute atomic E-state index is 12.8. The fraction of sp³-hybridized carbons (Fsp3) is 0.300. The number of carbonyl (C=O) groups is 3. The molecule has 3 heterocycles. The number of methoxy groups -OCH3 is 2. The number of esters is 2. The van der Waals surface area contributed by atoms with Crippen molar-refractivity contribution >= 4 is 39.8 Å². The summed E-state index contributed by atoms with van der Waals surface area (Å²) < 4.78 is 11.5. The maximum atomic E-state index is 12.8. The monoisotopic (exact) mass is 415 g/mol. The predicted molar refractivity (Wildman–Crippen MR) is 109 cm³/mol. The lowest BCUT2D eigenvalue weighted by molar-refractivity contribution is -0.115. The van der Waals surface area contributed by atoms with Crippen LogP contribution in [0.15, 0.2) is 18.3 Å². The summed E-state index contributed by atoms with van der Waals surface area (Å²) >= 11 is 0.984. The smallest absolute Gasteiger partial charge is 0.348 e. The summed E-state index contributed by atoms with van der Waals surface area (Å²) in [5.74, 6) is -1.55. The minimum absolute atomic E-state index is 0.0571. The van der Waals surface area contributed by atoms with Crippen LogP contribution in [0.4, 0.5) is 5.00 Å². The molecule has 0 fully saturated rings. The quantitative estimate of drug-likeness (QED) is 0.643. The molecule has 3 rings (SSSR count). The first-order valence-corrected chi connectivity index (χ1v) is 9.63. The van der Waals surface area contributed by atoms with Crippen molar-refractivity contribution in [3.8, 4) is 0 Å². The Bertz CT molecular complexity index is 1130. The van der Waals surface area contributed by atoms with E-state index in [0.717, 1.165) is 33.9 Å². The third-order valence-corrected chi connectivity index (χ3v) is 5.82. The normalized spacial score (nSPS) is 10.8. The van der Waals surface area contributed by atoms with E-state index in [2.05, 4.69) is 10.3 Å². The molecule has 9 heteroatoms. The number of hydrogen-bond donors (Lipinski definition) is 1. The van der Waals surface area contributed by atoms with E-state index in [1.54, 1.807) is 6.92 Å². The highest BCUT2D eigenvalue weighted by Gasteiger charge is 2.27. The Labute approximate surface area is 171 Å². The van der Waals surface area contributed by atoms with Crippen molar-refractivity contribution in [3.05, 3.63) is 51.3 Å². The summed E-state index contributed by atoms with van der Waals surface area (Å²) in [5, 5.41) is 2.99. The van der Waals surface area contributed by atoms with E-state index in [4.69, 9.17) is 9.47 Å². The zero-order valence-corrected chi connectivity index (χ0v) is 17.6. The number of nitrogens with one attached hydrogen (secondary N) is 1. The van der Waals surface area contributed by atoms with Crippen LogP contribution in [0.3, 0.4) is 0 Å². The SMILES string of the molecule is COC(=O)c1sc(NC(=O)Cc2c(C)nc3c(C)cccn23)c(C(=O)OC)c1C. The highest BCUT2D eigenvalue weighted by molar-refractivity contribution is 7.18. The molecule has 0 atom stereocenters. The van der Waals surface area contributed by atoms with Gasteiger partial charge in [0.05, 0.1) is 37.6 Å². The number of carbonyl (C=O) groups excluding carboxylic acids is 3. The number of aromatic nitrogens is 2. The van der Waals surface area contributed by atoms with Gasteiger partial charge in [-0.3, -0.25) is 4.79 Å². The molecule has 0 spiro atoms. The predicted octanol–water partition coefficient (Wildman–Crippen LogP) is 3.08. The van der Waals surface area contributed by atoms with Crippen molar-refractivity contribution in [1.29, 1.82) is 0 Å². The Morgan fingerprint density at radius 2 is 1.83 bits per heavy atom. The van der Waals surface area contributed by atoms with Crippen LogP contribution >= 0.6 is 11.3 Å². The van der Waals surface area contributed by atoms with Crippen molar-refractivity contribution in [3.63, 3.8) is 0 Å². The summed E-state index contributed by atoms with van der Waals surface area (Å²) in [7, 11) is 2.50. The Balaban J connectivity index is 1.94. The van der Waals surface area contributed by atoms with Crippen LogP contribution in [-0.4, -0.2) is 41.5 Å². The van der Waals surface area contributed by atoms with Crippen molar-refractivity contribution in [2.45, 2.75) is 27.2 Å². The fourth-order valence-electron chi connectivity index (χ4n) is 3.14. The molecule has 8 nitrogen and oxygen atoms in total. The van der Waals surface area contributed by atoms with Crippen molar-refractivity contribution in [1.82, 2.24) is 9.38 Å². The number of ether oxygens (including phenoxy) is 2. The number of fused-ring (bicyclic) bond motifs is 1. The van der Waals surface area contributed by atoms with Crippen LogP contribution in [0.1, 0.15) is 42.5 Å². The molecule has 29 heavy (non-hydrogen) atoms. The Kier molecular flexibility index (Phi) is 5.69. The van der Waals surface area contributed by atoms with E-state index in [-0.39, 0.29) is 27.8 Å². The molecule has 1 amide bonds. The van der Waals surface area contributed by atoms with E-state index in [0.29, 0.717) is 5.56 Å². The van der Waals surface area contributed by atoms with E-state index in [9.17, 15) is 14.4 Å². The number of amides is 1. The van der Waals surface area contributed by atoms with Gasteiger partial charge in [0.15, 0.2) is 0 Å². The number of nitrogens with zero attached hydrogens (tertiary/aromatic N) is 2. The van der Waals surface area contributed by atoms with E-state index >= 15 is 0 Å². The standard InChI is InChI=1S/C20H21N3O5S/c1-10-7-6-8-23-13(12(3)21-17(10)23)9-14(24)22-18-15(19(25)27-4)11(2)16(29-18)20(26)28-5/h6-8H,9H2,1-5H3,(H,22,24). The molecule has 0 radical (unpaired) electrons. The minimum Gasteiger partial charge on any atom is -0.465 e. The Morgan fingerprint density at radius 1 is 1.14 bits per heavy atom. The van der Waals surface area contributed by atoms with Gasteiger partial charge in [0.2, 0.25) is 5.91 Å². The molecule has 0 aliphatic rings. The van der Waals surface area contributed by atoms with E-state index < -0.39 is 11.9 Å². The van der Waals surface area contributed by atoms with Gasteiger partial charge in [-0.2, -0.15) is 0 Å². The van der Waals surface area contributed by atoms with E-state index in [1.807, 2.05) is 36.6 Å². The molecule has 0 saturated heterocycles. The zero-order chi connectivity index (χ0) is 21.3. The number of pyridine rings is 1. The third kappa shape index (κ3) is 3.73. The molecule has 0 aliphatic heterocycles. The van der Waals surface area contributed by atoms with Crippen molar-refractivity contribution in [2.24, 2.45) is 0 Å². The molecule has 3 aromatic heterocycles. The molecule has 3 aromatic rings. The number of thiophene rings is 1. The number of hydrogen-bond acceptors (Lipinski definition) is 7. The second-order valence-electron chi connectivity index (χ2n) is 6.50. The van der Waals surface area contributed by atoms with Crippen LogP contribution in [0, 0.1) is 20.8 Å². The topological polar surface area (TPSA) is 99.0 Å². The first kappa shape index (κ1) is 20.5. The average Bonchev–Trinajstić information content (AvgIpc) is 3.18. The fourth-order valence-corrected chi connectivity index (χ4v) is 4.27. The first-order valence-electron chi connectivity index (χ1n) is 8.81. The molecule has 0 unspecified atom stereocenters.